The van der Waals surface area contributed by atoms with Crippen molar-refractivity contribution in [2.75, 3.05) is 19.9 Å². The van der Waals surface area contributed by atoms with Crippen LogP contribution >= 0.6 is 15.9 Å². The van der Waals surface area contributed by atoms with Gasteiger partial charge in [-0.15, -0.1) is 0 Å². The summed E-state index contributed by atoms with van der Waals surface area (Å²) in [5, 5.41) is 3.86. The lowest BCUT2D eigenvalue weighted by Gasteiger charge is -2.29. The van der Waals surface area contributed by atoms with Gasteiger partial charge in [-0.1, -0.05) is 6.92 Å². The molecule has 7 nitrogen and oxygen atoms in total. The first-order chi connectivity index (χ1) is 11.5. The van der Waals surface area contributed by atoms with E-state index in [1.165, 1.54) is 6.21 Å². The number of halogens is 1. The zero-order chi connectivity index (χ0) is 17.1. The maximum absolute atomic E-state index is 12.1. The van der Waals surface area contributed by atoms with E-state index in [9.17, 15) is 9.59 Å². The largest absolute Gasteiger partial charge is 0.454 e. The van der Waals surface area contributed by atoms with Crippen LogP contribution in [0.4, 0.5) is 0 Å². The Kier molecular flexibility index (Phi) is 5.03. The van der Waals surface area contributed by atoms with Crippen LogP contribution in [0.1, 0.15) is 25.3 Å². The van der Waals surface area contributed by atoms with Gasteiger partial charge in [0.05, 0.1) is 6.21 Å². The Bertz CT molecular complexity index is 684. The first-order valence-corrected chi connectivity index (χ1v) is 8.55. The van der Waals surface area contributed by atoms with Gasteiger partial charge >= 0.3 is 11.8 Å². The highest BCUT2D eigenvalue weighted by atomic mass is 79.9. The van der Waals surface area contributed by atoms with Crippen molar-refractivity contribution in [3.05, 3.63) is 22.2 Å². The van der Waals surface area contributed by atoms with E-state index in [1.54, 1.807) is 17.0 Å². The third-order valence-electron chi connectivity index (χ3n) is 4.13. The average Bonchev–Trinajstić information content (AvgIpc) is 3.02. The van der Waals surface area contributed by atoms with Gasteiger partial charge in [-0.3, -0.25) is 9.59 Å². The number of rotatable bonds is 2. The van der Waals surface area contributed by atoms with E-state index in [0.29, 0.717) is 36.1 Å². The monoisotopic (exact) mass is 395 g/mol. The molecule has 0 atom stereocenters. The molecule has 1 aromatic carbocycles. The SMILES string of the molecule is CC1CCN(C(=O)C(=O)N/N=C/c2cc3c(cc2Br)OCO3)CC1. The fourth-order valence-corrected chi connectivity index (χ4v) is 3.02. The Balaban J connectivity index is 1.58. The van der Waals surface area contributed by atoms with E-state index < -0.39 is 11.8 Å². The zero-order valence-electron chi connectivity index (χ0n) is 13.3. The van der Waals surface area contributed by atoms with Crippen molar-refractivity contribution in [1.82, 2.24) is 10.3 Å². The molecule has 0 unspecified atom stereocenters. The molecule has 0 bridgehead atoms. The molecule has 3 rings (SSSR count). The minimum atomic E-state index is -0.724. The van der Waals surface area contributed by atoms with Gasteiger partial charge in [0.15, 0.2) is 11.5 Å². The van der Waals surface area contributed by atoms with Crippen molar-refractivity contribution in [1.29, 1.82) is 0 Å². The first-order valence-electron chi connectivity index (χ1n) is 7.76. The molecule has 1 fully saturated rings. The Morgan fingerprint density at radius 1 is 1.29 bits per heavy atom. The number of ether oxygens (including phenoxy) is 2. The van der Waals surface area contributed by atoms with Crippen LogP contribution in [0.5, 0.6) is 11.5 Å². The number of piperidine rings is 1. The molecule has 2 aliphatic rings. The fourth-order valence-electron chi connectivity index (χ4n) is 2.60. The molecule has 0 radical (unpaired) electrons. The number of nitrogens with zero attached hydrogens (tertiary/aromatic N) is 2. The van der Waals surface area contributed by atoms with Crippen molar-refractivity contribution < 1.29 is 19.1 Å². The van der Waals surface area contributed by atoms with Gasteiger partial charge in [-0.2, -0.15) is 5.10 Å². The topological polar surface area (TPSA) is 80.2 Å². The summed E-state index contributed by atoms with van der Waals surface area (Å²) < 4.78 is 11.3. The van der Waals surface area contributed by atoms with Gasteiger partial charge in [0.2, 0.25) is 6.79 Å². The molecular weight excluding hydrogens is 378 g/mol. The number of nitrogens with one attached hydrogen (secondary N) is 1. The summed E-state index contributed by atoms with van der Waals surface area (Å²) in [6.07, 6.45) is 3.30. The second-order valence-electron chi connectivity index (χ2n) is 5.90. The number of carbonyl (C=O) groups is 2. The lowest BCUT2D eigenvalue weighted by atomic mass is 9.99. The minimum absolute atomic E-state index is 0.183. The molecule has 128 valence electrons. The summed E-state index contributed by atoms with van der Waals surface area (Å²) >= 11 is 3.40. The van der Waals surface area contributed by atoms with E-state index in [4.69, 9.17) is 9.47 Å². The van der Waals surface area contributed by atoms with Crippen LogP contribution in [-0.4, -0.2) is 42.8 Å². The summed E-state index contributed by atoms with van der Waals surface area (Å²) in [4.78, 5) is 25.5. The van der Waals surface area contributed by atoms with E-state index in [1.807, 2.05) is 0 Å². The lowest BCUT2D eigenvalue weighted by molar-refractivity contribution is -0.146. The van der Waals surface area contributed by atoms with Gasteiger partial charge in [0.1, 0.15) is 0 Å². The van der Waals surface area contributed by atoms with Gasteiger partial charge < -0.3 is 14.4 Å². The molecule has 8 heteroatoms. The van der Waals surface area contributed by atoms with Crippen LogP contribution in [0.2, 0.25) is 0 Å². The maximum Gasteiger partial charge on any atom is 0.329 e. The van der Waals surface area contributed by atoms with Gasteiger partial charge in [-0.05, 0) is 46.8 Å². The molecule has 0 spiro atoms. The summed E-state index contributed by atoms with van der Waals surface area (Å²) in [6.45, 7) is 3.56. The maximum atomic E-state index is 12.1. The van der Waals surface area contributed by atoms with Gasteiger partial charge in [-0.25, -0.2) is 5.43 Å². The van der Waals surface area contributed by atoms with Crippen LogP contribution in [0.25, 0.3) is 0 Å². The predicted octanol–water partition coefficient (Wildman–Crippen LogP) is 1.89. The Morgan fingerprint density at radius 2 is 1.96 bits per heavy atom. The molecule has 1 N–H and O–H groups in total. The number of hydrogen-bond donors (Lipinski definition) is 1. The Hall–Kier alpha value is -2.09. The van der Waals surface area contributed by atoms with E-state index in [-0.39, 0.29) is 6.79 Å². The van der Waals surface area contributed by atoms with Crippen LogP contribution in [0.3, 0.4) is 0 Å². The van der Waals surface area contributed by atoms with Gasteiger partial charge in [0.25, 0.3) is 0 Å². The standard InChI is InChI=1S/C16H18BrN3O4/c1-10-2-4-20(5-3-10)16(22)15(21)19-18-8-11-6-13-14(7-12(11)17)24-9-23-13/h6-8,10H,2-5,9H2,1H3,(H,19,21)/b18-8+. The third-order valence-corrected chi connectivity index (χ3v) is 4.81. The minimum Gasteiger partial charge on any atom is -0.454 e. The smallest absolute Gasteiger partial charge is 0.329 e. The van der Waals surface area contributed by atoms with E-state index in [0.717, 1.165) is 17.3 Å². The molecule has 1 aromatic rings. The van der Waals surface area contributed by atoms with Crippen molar-refractivity contribution in [3.8, 4) is 11.5 Å². The average molecular weight is 396 g/mol. The number of amides is 2. The van der Waals surface area contributed by atoms with Crippen molar-refractivity contribution in [3.63, 3.8) is 0 Å². The molecule has 2 heterocycles. The summed E-state index contributed by atoms with van der Waals surface area (Å²) in [6, 6.07) is 3.52. The number of hydrazone groups is 1. The molecule has 2 aliphatic heterocycles. The first kappa shape index (κ1) is 16.8. The number of hydrogen-bond acceptors (Lipinski definition) is 5. The number of fused-ring (bicyclic) bond motifs is 1. The summed E-state index contributed by atoms with van der Waals surface area (Å²) in [7, 11) is 0. The predicted molar refractivity (Wildman–Crippen MR) is 91.0 cm³/mol. The summed E-state index contributed by atoms with van der Waals surface area (Å²) in [5.74, 6) is 0.599. The molecule has 2 amide bonds. The Morgan fingerprint density at radius 3 is 2.67 bits per heavy atom. The lowest BCUT2D eigenvalue weighted by Crippen LogP contribution is -2.45. The zero-order valence-corrected chi connectivity index (χ0v) is 14.8. The Labute approximate surface area is 148 Å². The van der Waals surface area contributed by atoms with Gasteiger partial charge in [0, 0.05) is 23.1 Å². The molecule has 0 saturated carbocycles. The molecule has 0 aliphatic carbocycles. The molecular formula is C16H18BrN3O4. The van der Waals surface area contributed by atoms with E-state index in [2.05, 4.69) is 33.4 Å². The number of benzene rings is 1. The third kappa shape index (κ3) is 3.69. The summed E-state index contributed by atoms with van der Waals surface area (Å²) in [5.41, 5.74) is 2.99. The molecule has 0 aromatic heterocycles. The van der Waals surface area contributed by atoms with Crippen molar-refractivity contribution in [2.45, 2.75) is 19.8 Å². The highest BCUT2D eigenvalue weighted by Gasteiger charge is 2.25. The second-order valence-corrected chi connectivity index (χ2v) is 6.76. The highest BCUT2D eigenvalue weighted by Crippen LogP contribution is 2.36. The number of likely N-dealkylation sites (tertiary alicyclic amines) is 1. The van der Waals surface area contributed by atoms with Crippen LogP contribution in [-0.2, 0) is 9.59 Å². The normalized spacial score (nSPS) is 17.3. The van der Waals surface area contributed by atoms with Crippen molar-refractivity contribution in [2.24, 2.45) is 11.0 Å². The second kappa shape index (κ2) is 7.21. The van der Waals surface area contributed by atoms with Crippen LogP contribution in [0.15, 0.2) is 21.7 Å². The molecule has 24 heavy (non-hydrogen) atoms. The highest BCUT2D eigenvalue weighted by molar-refractivity contribution is 9.10. The van der Waals surface area contributed by atoms with E-state index >= 15 is 0 Å². The van der Waals surface area contributed by atoms with Crippen molar-refractivity contribution >= 4 is 34.0 Å². The molecule has 1 saturated heterocycles. The van der Waals surface area contributed by atoms with Crippen LogP contribution < -0.4 is 14.9 Å². The quantitative estimate of drug-likeness (QED) is 0.471. The number of carbonyl (C=O) groups excluding carboxylic acids is 2. The van der Waals surface area contributed by atoms with Crippen LogP contribution in [0, 0.1) is 5.92 Å². The fraction of sp³-hybridized carbons (Fsp3) is 0.438.